The number of aromatic amines is 1. The van der Waals surface area contributed by atoms with Crippen molar-refractivity contribution in [3.8, 4) is 0 Å². The molecular formula is C20H22N2O3S. The number of hydrogen-bond donors (Lipinski definition) is 2. The number of aromatic nitrogens is 1. The number of fused-ring (bicyclic) bond motifs is 1. The lowest BCUT2D eigenvalue weighted by molar-refractivity contribution is 0.0926. The molecule has 0 aromatic carbocycles. The molecule has 1 atom stereocenters. The number of carbonyl (C=O) groups is 2. The highest BCUT2D eigenvalue weighted by Crippen LogP contribution is 2.33. The van der Waals surface area contributed by atoms with Gasteiger partial charge in [-0.05, 0) is 36.8 Å². The lowest BCUT2D eigenvalue weighted by Gasteiger charge is -2.24. The van der Waals surface area contributed by atoms with Gasteiger partial charge in [-0.25, -0.2) is 0 Å². The molecule has 2 heterocycles. The second-order valence-corrected chi connectivity index (χ2v) is 8.24. The van der Waals surface area contributed by atoms with Crippen LogP contribution in [0.4, 0.5) is 0 Å². The molecule has 0 bridgehead atoms. The molecule has 1 fully saturated rings. The second kappa shape index (κ2) is 7.19. The minimum absolute atomic E-state index is 0.00684. The van der Waals surface area contributed by atoms with Gasteiger partial charge in [-0.3, -0.25) is 14.4 Å². The van der Waals surface area contributed by atoms with Crippen LogP contribution >= 0.6 is 11.3 Å². The highest BCUT2D eigenvalue weighted by Gasteiger charge is 2.29. The van der Waals surface area contributed by atoms with E-state index in [-0.39, 0.29) is 29.2 Å². The topological polar surface area (TPSA) is 79.0 Å². The van der Waals surface area contributed by atoms with Crippen LogP contribution in [0.1, 0.15) is 75.7 Å². The fraction of sp³-hybridized carbons (Fsp3) is 0.450. The molecule has 2 aliphatic rings. The first-order chi connectivity index (χ1) is 12.6. The zero-order valence-electron chi connectivity index (χ0n) is 14.5. The molecule has 6 heteroatoms. The first kappa shape index (κ1) is 17.2. The maximum atomic E-state index is 12.6. The van der Waals surface area contributed by atoms with Gasteiger partial charge in [-0.2, -0.15) is 0 Å². The Morgan fingerprint density at radius 3 is 2.69 bits per heavy atom. The van der Waals surface area contributed by atoms with Crippen LogP contribution in [-0.2, 0) is 6.42 Å². The van der Waals surface area contributed by atoms with Crippen molar-refractivity contribution in [2.75, 3.05) is 0 Å². The average molecular weight is 370 g/mol. The predicted octanol–water partition coefficient (Wildman–Crippen LogP) is 3.41. The molecule has 0 aliphatic heterocycles. The minimum Gasteiger partial charge on any atom is -0.349 e. The van der Waals surface area contributed by atoms with Crippen LogP contribution < -0.4 is 10.9 Å². The number of rotatable bonds is 3. The fourth-order valence-electron chi connectivity index (χ4n) is 4.03. The highest BCUT2D eigenvalue weighted by molar-refractivity contribution is 7.10. The number of amides is 1. The number of ketones is 1. The van der Waals surface area contributed by atoms with E-state index >= 15 is 0 Å². The van der Waals surface area contributed by atoms with Crippen LogP contribution in [-0.4, -0.2) is 22.7 Å². The van der Waals surface area contributed by atoms with Gasteiger partial charge >= 0.3 is 0 Å². The van der Waals surface area contributed by atoms with E-state index in [0.29, 0.717) is 24.1 Å². The molecule has 26 heavy (non-hydrogen) atoms. The molecule has 136 valence electrons. The molecular weight excluding hydrogens is 348 g/mol. The smallest absolute Gasteiger partial charge is 0.261 e. The van der Waals surface area contributed by atoms with Gasteiger partial charge in [-0.15, -0.1) is 11.3 Å². The third-order valence-electron chi connectivity index (χ3n) is 5.44. The number of pyridine rings is 1. The Bertz CT molecular complexity index is 879. The van der Waals surface area contributed by atoms with E-state index in [1.54, 1.807) is 11.3 Å². The quantitative estimate of drug-likeness (QED) is 0.869. The molecule has 1 saturated carbocycles. The number of thiophene rings is 1. The molecule has 1 unspecified atom stereocenters. The lowest BCUT2D eigenvalue weighted by Crippen LogP contribution is -2.39. The van der Waals surface area contributed by atoms with Gasteiger partial charge in [0, 0.05) is 34.5 Å². The number of carbonyl (C=O) groups excluding carboxylic acids is 2. The third kappa shape index (κ3) is 3.38. The van der Waals surface area contributed by atoms with E-state index in [0.717, 1.165) is 30.6 Å². The van der Waals surface area contributed by atoms with Crippen LogP contribution in [0.5, 0.6) is 0 Å². The van der Waals surface area contributed by atoms with Crippen molar-refractivity contribution < 1.29 is 9.59 Å². The molecule has 0 radical (unpaired) electrons. The zero-order chi connectivity index (χ0) is 18.1. The summed E-state index contributed by atoms with van der Waals surface area (Å²) in [5.74, 6) is -0.269. The van der Waals surface area contributed by atoms with Gasteiger partial charge in [0.2, 0.25) is 0 Å². The van der Waals surface area contributed by atoms with Crippen LogP contribution in [0.3, 0.4) is 0 Å². The summed E-state index contributed by atoms with van der Waals surface area (Å²) in [4.78, 5) is 41.6. The van der Waals surface area contributed by atoms with Crippen LogP contribution in [0.15, 0.2) is 28.4 Å². The van der Waals surface area contributed by atoms with E-state index in [1.807, 2.05) is 17.5 Å². The van der Waals surface area contributed by atoms with Crippen LogP contribution in [0.25, 0.3) is 0 Å². The molecule has 2 aromatic rings. The normalized spacial score (nSPS) is 20.6. The summed E-state index contributed by atoms with van der Waals surface area (Å²) in [5.41, 5.74) is 0.791. The summed E-state index contributed by atoms with van der Waals surface area (Å²) >= 11 is 1.63. The Morgan fingerprint density at radius 2 is 1.96 bits per heavy atom. The number of nitrogens with one attached hydrogen (secondary N) is 2. The van der Waals surface area contributed by atoms with Crippen molar-refractivity contribution in [1.29, 1.82) is 0 Å². The Labute approximate surface area is 155 Å². The summed E-state index contributed by atoms with van der Waals surface area (Å²) in [7, 11) is 0. The van der Waals surface area contributed by atoms with Gasteiger partial charge < -0.3 is 10.3 Å². The van der Waals surface area contributed by atoms with Gasteiger partial charge in [0.1, 0.15) is 5.56 Å². The van der Waals surface area contributed by atoms with Gasteiger partial charge in [-0.1, -0.05) is 25.3 Å². The summed E-state index contributed by atoms with van der Waals surface area (Å²) in [5, 5.41) is 4.96. The summed E-state index contributed by atoms with van der Waals surface area (Å²) in [6, 6.07) is 5.63. The second-order valence-electron chi connectivity index (χ2n) is 7.26. The van der Waals surface area contributed by atoms with Crippen molar-refractivity contribution in [3.05, 3.63) is 55.6 Å². The third-order valence-corrected chi connectivity index (χ3v) is 6.47. The summed E-state index contributed by atoms with van der Waals surface area (Å²) < 4.78 is 0. The van der Waals surface area contributed by atoms with Crippen molar-refractivity contribution in [3.63, 3.8) is 0 Å². The standard InChI is InChI=1S/C20H22N2O3S/c23-17-10-12(18-7-4-8-26-18)9-16-14(17)11-15(20(25)22-16)19(24)21-13-5-2-1-3-6-13/h4,7-8,11-13H,1-3,5-6,9-10H2,(H,21,24)(H,22,25). The first-order valence-electron chi connectivity index (χ1n) is 9.25. The average Bonchev–Trinajstić information content (AvgIpc) is 3.16. The fourth-order valence-corrected chi connectivity index (χ4v) is 4.86. The van der Waals surface area contributed by atoms with E-state index < -0.39 is 5.56 Å². The maximum absolute atomic E-state index is 12.6. The molecule has 0 saturated heterocycles. The highest BCUT2D eigenvalue weighted by atomic mass is 32.1. The monoisotopic (exact) mass is 370 g/mol. The van der Waals surface area contributed by atoms with E-state index in [4.69, 9.17) is 0 Å². The van der Waals surface area contributed by atoms with Crippen molar-refractivity contribution in [2.45, 2.75) is 56.9 Å². The minimum atomic E-state index is -0.406. The summed E-state index contributed by atoms with van der Waals surface area (Å²) in [6.45, 7) is 0. The van der Waals surface area contributed by atoms with Crippen molar-refractivity contribution in [2.24, 2.45) is 0 Å². The number of Topliss-reactive ketones (excluding diaryl/α,β-unsaturated/α-hetero) is 1. The molecule has 1 amide bonds. The molecule has 0 spiro atoms. The Hall–Kier alpha value is -2.21. The molecule has 5 nitrogen and oxygen atoms in total. The maximum Gasteiger partial charge on any atom is 0.261 e. The number of H-pyrrole nitrogens is 1. The largest absolute Gasteiger partial charge is 0.349 e. The number of hydrogen-bond acceptors (Lipinski definition) is 4. The zero-order valence-corrected chi connectivity index (χ0v) is 15.4. The molecule has 2 N–H and O–H groups in total. The van der Waals surface area contributed by atoms with E-state index in [1.165, 1.54) is 12.5 Å². The molecule has 2 aromatic heterocycles. The van der Waals surface area contributed by atoms with Gasteiger partial charge in [0.25, 0.3) is 11.5 Å². The Balaban J connectivity index is 1.58. The Morgan fingerprint density at radius 1 is 1.15 bits per heavy atom. The van der Waals surface area contributed by atoms with Crippen LogP contribution in [0, 0.1) is 0 Å². The lowest BCUT2D eigenvalue weighted by atomic mass is 9.84. The predicted molar refractivity (Wildman–Crippen MR) is 101 cm³/mol. The Kier molecular flexibility index (Phi) is 4.76. The van der Waals surface area contributed by atoms with Crippen molar-refractivity contribution >= 4 is 23.0 Å². The SMILES string of the molecule is O=C1CC(c2cccs2)Cc2[nH]c(=O)c(C(=O)NC3CCCCC3)cc21. The van der Waals surface area contributed by atoms with E-state index in [9.17, 15) is 14.4 Å². The van der Waals surface area contributed by atoms with Gasteiger partial charge in [0.05, 0.1) is 0 Å². The first-order valence-corrected chi connectivity index (χ1v) is 10.1. The van der Waals surface area contributed by atoms with Gasteiger partial charge in [0.15, 0.2) is 5.78 Å². The molecule has 2 aliphatic carbocycles. The molecule has 4 rings (SSSR count). The van der Waals surface area contributed by atoms with Crippen LogP contribution in [0.2, 0.25) is 0 Å². The summed E-state index contributed by atoms with van der Waals surface area (Å²) in [6.07, 6.45) is 6.37. The van der Waals surface area contributed by atoms with Crippen molar-refractivity contribution in [1.82, 2.24) is 10.3 Å². The van der Waals surface area contributed by atoms with E-state index in [2.05, 4.69) is 10.3 Å².